The average molecular weight is 306 g/mol. The van der Waals surface area contributed by atoms with E-state index in [2.05, 4.69) is 15.3 Å². The van der Waals surface area contributed by atoms with Crippen LogP contribution in [0.25, 0.3) is 0 Å². The molecule has 0 saturated carbocycles. The van der Waals surface area contributed by atoms with Crippen molar-refractivity contribution in [3.63, 3.8) is 0 Å². The first kappa shape index (κ1) is 15.0. The third kappa shape index (κ3) is 3.83. The van der Waals surface area contributed by atoms with Crippen molar-refractivity contribution >= 4 is 6.21 Å². The van der Waals surface area contributed by atoms with Crippen LogP contribution in [0.3, 0.4) is 0 Å². The van der Waals surface area contributed by atoms with Gasteiger partial charge in [-0.3, -0.25) is 0 Å². The van der Waals surface area contributed by atoms with Crippen molar-refractivity contribution in [3.05, 3.63) is 77.4 Å². The van der Waals surface area contributed by atoms with E-state index in [-0.39, 0.29) is 0 Å². The molecule has 0 aliphatic rings. The molecule has 0 aliphatic heterocycles. The first-order valence-electron chi connectivity index (χ1n) is 7.42. The predicted octanol–water partition coefficient (Wildman–Crippen LogP) is 3.36. The maximum atomic E-state index is 5.77. The maximum absolute atomic E-state index is 5.77. The molecule has 0 aliphatic carbocycles. The van der Waals surface area contributed by atoms with E-state index in [1.54, 1.807) is 10.9 Å². The van der Waals surface area contributed by atoms with E-state index < -0.39 is 0 Å². The zero-order chi connectivity index (χ0) is 16.1. The summed E-state index contributed by atoms with van der Waals surface area (Å²) in [5.41, 5.74) is 2.14. The summed E-state index contributed by atoms with van der Waals surface area (Å²) in [4.78, 5) is 0. The van der Waals surface area contributed by atoms with Crippen LogP contribution >= 0.6 is 0 Å². The molecule has 0 N–H and O–H groups in total. The molecule has 0 unspecified atom stereocenters. The van der Waals surface area contributed by atoms with Crippen LogP contribution in [0.1, 0.15) is 22.8 Å². The maximum Gasteiger partial charge on any atom is 0.151 e. The summed E-state index contributed by atoms with van der Waals surface area (Å²) >= 11 is 0. The van der Waals surface area contributed by atoms with Crippen molar-refractivity contribution < 1.29 is 4.74 Å². The van der Waals surface area contributed by atoms with Gasteiger partial charge in [0.25, 0.3) is 0 Å². The molecule has 0 atom stereocenters. The molecule has 5 heteroatoms. The van der Waals surface area contributed by atoms with Crippen molar-refractivity contribution in [2.24, 2.45) is 5.10 Å². The number of aryl methyl sites for hydroxylation is 2. The van der Waals surface area contributed by atoms with Gasteiger partial charge in [-0.05, 0) is 49.2 Å². The van der Waals surface area contributed by atoms with Crippen molar-refractivity contribution in [1.82, 2.24) is 14.9 Å². The molecular weight excluding hydrogens is 288 g/mol. The summed E-state index contributed by atoms with van der Waals surface area (Å²) in [7, 11) is 0. The number of rotatable bonds is 5. The van der Waals surface area contributed by atoms with Gasteiger partial charge in [0.2, 0.25) is 0 Å². The number of hydrogen-bond donors (Lipinski definition) is 0. The lowest BCUT2D eigenvalue weighted by Gasteiger charge is -2.06. The van der Waals surface area contributed by atoms with Gasteiger partial charge in [0, 0.05) is 0 Å². The van der Waals surface area contributed by atoms with E-state index >= 15 is 0 Å². The highest BCUT2D eigenvalue weighted by molar-refractivity contribution is 5.79. The predicted molar refractivity (Wildman–Crippen MR) is 89.7 cm³/mol. The number of benzene rings is 2. The SMILES string of the molecule is Cc1nnc(C)n1/N=C/c1ccc(OCc2ccccc2)cc1. The van der Waals surface area contributed by atoms with E-state index in [1.165, 1.54) is 0 Å². The fourth-order valence-electron chi connectivity index (χ4n) is 2.15. The van der Waals surface area contributed by atoms with Crippen molar-refractivity contribution in [1.29, 1.82) is 0 Å². The van der Waals surface area contributed by atoms with Crippen LogP contribution in [0.15, 0.2) is 59.7 Å². The molecule has 0 amide bonds. The van der Waals surface area contributed by atoms with Gasteiger partial charge in [-0.2, -0.15) is 5.10 Å². The van der Waals surface area contributed by atoms with Crippen molar-refractivity contribution in [2.45, 2.75) is 20.5 Å². The van der Waals surface area contributed by atoms with Crippen molar-refractivity contribution in [3.8, 4) is 5.75 Å². The summed E-state index contributed by atoms with van der Waals surface area (Å²) in [5, 5.41) is 12.3. The Morgan fingerprint density at radius 3 is 2.26 bits per heavy atom. The van der Waals surface area contributed by atoms with Gasteiger partial charge in [0.05, 0.1) is 6.21 Å². The van der Waals surface area contributed by atoms with Crippen molar-refractivity contribution in [2.75, 3.05) is 0 Å². The van der Waals surface area contributed by atoms with Gasteiger partial charge < -0.3 is 4.74 Å². The van der Waals surface area contributed by atoms with Gasteiger partial charge in [-0.1, -0.05) is 30.3 Å². The minimum Gasteiger partial charge on any atom is -0.489 e. The average Bonchev–Trinajstić information content (AvgIpc) is 2.91. The zero-order valence-electron chi connectivity index (χ0n) is 13.2. The Labute approximate surface area is 135 Å². The van der Waals surface area contributed by atoms with Crippen LogP contribution in [0.5, 0.6) is 5.75 Å². The second kappa shape index (κ2) is 6.87. The van der Waals surface area contributed by atoms with Gasteiger partial charge in [-0.15, -0.1) is 10.2 Å². The molecule has 0 radical (unpaired) electrons. The van der Waals surface area contributed by atoms with E-state index in [9.17, 15) is 0 Å². The number of ether oxygens (including phenoxy) is 1. The van der Waals surface area contributed by atoms with Crippen LogP contribution in [0.4, 0.5) is 0 Å². The van der Waals surface area contributed by atoms with E-state index in [0.29, 0.717) is 6.61 Å². The summed E-state index contributed by atoms with van der Waals surface area (Å²) in [6.07, 6.45) is 1.78. The molecule has 1 heterocycles. The molecule has 1 aromatic heterocycles. The normalized spacial score (nSPS) is 11.0. The van der Waals surface area contributed by atoms with Gasteiger partial charge in [0.15, 0.2) is 11.6 Å². The highest BCUT2D eigenvalue weighted by Gasteiger charge is 2.01. The van der Waals surface area contributed by atoms with Gasteiger partial charge in [-0.25, -0.2) is 4.68 Å². The Hall–Kier alpha value is -2.95. The molecule has 116 valence electrons. The van der Waals surface area contributed by atoms with Gasteiger partial charge >= 0.3 is 0 Å². The first-order valence-corrected chi connectivity index (χ1v) is 7.42. The topological polar surface area (TPSA) is 52.3 Å². The molecule has 0 saturated heterocycles. The second-order valence-electron chi connectivity index (χ2n) is 5.19. The lowest BCUT2D eigenvalue weighted by Crippen LogP contribution is -1.97. The molecule has 5 nitrogen and oxygen atoms in total. The third-order valence-electron chi connectivity index (χ3n) is 3.40. The summed E-state index contributed by atoms with van der Waals surface area (Å²) in [5.74, 6) is 2.37. The Balaban J connectivity index is 1.63. The molecule has 2 aromatic carbocycles. The Bertz CT molecular complexity index is 772. The number of hydrogen-bond acceptors (Lipinski definition) is 4. The van der Waals surface area contributed by atoms with Crippen LogP contribution in [-0.4, -0.2) is 21.1 Å². The monoisotopic (exact) mass is 306 g/mol. The standard InChI is InChI=1S/C18H18N4O/c1-14-20-21-15(2)22(14)19-12-16-8-10-18(11-9-16)23-13-17-6-4-3-5-7-17/h3-12H,13H2,1-2H3/b19-12+. The van der Waals surface area contributed by atoms with Crippen LogP contribution < -0.4 is 4.74 Å². The highest BCUT2D eigenvalue weighted by Crippen LogP contribution is 2.13. The molecule has 23 heavy (non-hydrogen) atoms. The van der Waals surface area contributed by atoms with E-state index in [4.69, 9.17) is 4.74 Å². The molecule has 0 bridgehead atoms. The molecule has 3 rings (SSSR count). The Morgan fingerprint density at radius 2 is 1.61 bits per heavy atom. The van der Waals surface area contributed by atoms with Crippen LogP contribution in [-0.2, 0) is 6.61 Å². The zero-order valence-corrected chi connectivity index (χ0v) is 13.2. The highest BCUT2D eigenvalue weighted by atomic mass is 16.5. The largest absolute Gasteiger partial charge is 0.489 e. The summed E-state index contributed by atoms with van der Waals surface area (Å²) in [6, 6.07) is 17.9. The third-order valence-corrected chi connectivity index (χ3v) is 3.40. The Kier molecular flexibility index (Phi) is 4.47. The van der Waals surface area contributed by atoms with Crippen LogP contribution in [0, 0.1) is 13.8 Å². The lowest BCUT2D eigenvalue weighted by molar-refractivity contribution is 0.306. The number of nitrogens with zero attached hydrogens (tertiary/aromatic N) is 4. The number of aromatic nitrogens is 3. The Morgan fingerprint density at radius 1 is 0.957 bits per heavy atom. The first-order chi connectivity index (χ1) is 11.2. The molecule has 0 fully saturated rings. The van der Waals surface area contributed by atoms with Crippen LogP contribution in [0.2, 0.25) is 0 Å². The fourth-order valence-corrected chi connectivity index (χ4v) is 2.15. The van der Waals surface area contributed by atoms with E-state index in [1.807, 2.05) is 68.4 Å². The molecule has 3 aromatic rings. The van der Waals surface area contributed by atoms with E-state index in [0.717, 1.165) is 28.5 Å². The van der Waals surface area contributed by atoms with Gasteiger partial charge in [0.1, 0.15) is 12.4 Å². The molecular formula is C18H18N4O. The summed E-state index contributed by atoms with van der Waals surface area (Å²) in [6.45, 7) is 4.31. The quantitative estimate of drug-likeness (QED) is 0.679. The smallest absolute Gasteiger partial charge is 0.151 e. The minimum atomic E-state index is 0.563. The summed E-state index contributed by atoms with van der Waals surface area (Å²) < 4.78 is 7.47. The second-order valence-corrected chi connectivity index (χ2v) is 5.19. The molecule has 0 spiro atoms. The lowest BCUT2D eigenvalue weighted by atomic mass is 10.2. The minimum absolute atomic E-state index is 0.563. The fraction of sp³-hybridized carbons (Fsp3) is 0.167.